The van der Waals surface area contributed by atoms with Gasteiger partial charge in [0.25, 0.3) is 0 Å². The van der Waals surface area contributed by atoms with Crippen LogP contribution in [-0.2, 0) is 22.5 Å². The summed E-state index contributed by atoms with van der Waals surface area (Å²) in [6.07, 6.45) is 7.55. The molecule has 0 radical (unpaired) electrons. The number of morpholine rings is 1. The maximum atomic E-state index is 6.01. The molecular weight excluding hydrogens is 372 g/mol. The van der Waals surface area contributed by atoms with E-state index in [0.717, 1.165) is 49.4 Å². The molecule has 0 aromatic carbocycles. The second-order valence-electron chi connectivity index (χ2n) is 8.93. The number of anilines is 1. The minimum atomic E-state index is -0.121. The Balaban J connectivity index is 1.31. The number of hydrogen-bond donors (Lipinski definition) is 1. The SMILES string of the molecule is CC1(C)Cc2c(sc3ncnc(N[C@H]4CC[C@H](N5CCOCC5)CC4)c23)CO1. The molecule has 7 heteroatoms. The normalized spacial score (nSPS) is 28.2. The van der Waals surface area contributed by atoms with Gasteiger partial charge in [-0.05, 0) is 45.1 Å². The van der Waals surface area contributed by atoms with E-state index in [1.807, 2.05) is 0 Å². The number of nitrogens with zero attached hydrogens (tertiary/aromatic N) is 3. The standard InChI is InChI=1S/C21H30N4O2S/c1-21(2)11-16-17(12-27-21)28-20-18(16)19(22-13-23-20)24-14-3-5-15(6-4-14)25-7-9-26-10-8-25/h13-15H,3-12H2,1-2H3,(H,22,23,24)/t14-,15-. The van der Waals surface area contributed by atoms with E-state index in [1.165, 1.54) is 41.5 Å². The maximum absolute atomic E-state index is 6.01. The summed E-state index contributed by atoms with van der Waals surface area (Å²) in [4.78, 5) is 14.2. The fourth-order valence-electron chi connectivity index (χ4n) is 4.91. The van der Waals surface area contributed by atoms with Crippen molar-refractivity contribution in [1.82, 2.24) is 14.9 Å². The average Bonchev–Trinajstić information content (AvgIpc) is 3.07. The highest BCUT2D eigenvalue weighted by Gasteiger charge is 2.32. The van der Waals surface area contributed by atoms with Crippen LogP contribution in [0.5, 0.6) is 0 Å². The Labute approximate surface area is 170 Å². The average molecular weight is 403 g/mol. The molecule has 2 fully saturated rings. The van der Waals surface area contributed by atoms with Gasteiger partial charge in [-0.15, -0.1) is 11.3 Å². The second kappa shape index (κ2) is 7.52. The number of rotatable bonds is 3. The van der Waals surface area contributed by atoms with E-state index in [0.29, 0.717) is 12.6 Å². The van der Waals surface area contributed by atoms with Crippen LogP contribution >= 0.6 is 11.3 Å². The van der Waals surface area contributed by atoms with Crippen molar-refractivity contribution in [2.75, 3.05) is 31.6 Å². The lowest BCUT2D eigenvalue weighted by Crippen LogP contribution is -2.46. The fourth-order valence-corrected chi connectivity index (χ4v) is 5.98. The molecule has 3 aliphatic rings. The Morgan fingerprint density at radius 2 is 1.93 bits per heavy atom. The van der Waals surface area contributed by atoms with E-state index in [4.69, 9.17) is 9.47 Å². The molecule has 1 N–H and O–H groups in total. The van der Waals surface area contributed by atoms with E-state index >= 15 is 0 Å². The first kappa shape index (κ1) is 18.7. The van der Waals surface area contributed by atoms with Gasteiger partial charge in [-0.1, -0.05) is 0 Å². The highest BCUT2D eigenvalue weighted by atomic mass is 32.1. The molecule has 0 bridgehead atoms. The molecule has 152 valence electrons. The summed E-state index contributed by atoms with van der Waals surface area (Å²) in [6.45, 7) is 8.99. The highest BCUT2D eigenvalue weighted by Crippen LogP contribution is 2.41. The van der Waals surface area contributed by atoms with E-state index in [-0.39, 0.29) is 5.60 Å². The second-order valence-corrected chi connectivity index (χ2v) is 10.0. The number of hydrogen-bond acceptors (Lipinski definition) is 7. The predicted molar refractivity (Wildman–Crippen MR) is 112 cm³/mol. The van der Waals surface area contributed by atoms with E-state index < -0.39 is 0 Å². The molecule has 4 heterocycles. The van der Waals surface area contributed by atoms with Gasteiger partial charge >= 0.3 is 0 Å². The van der Waals surface area contributed by atoms with Crippen LogP contribution in [0.15, 0.2) is 6.33 Å². The first-order valence-corrected chi connectivity index (χ1v) is 11.4. The molecular formula is C21H30N4O2S. The van der Waals surface area contributed by atoms with Crippen LogP contribution in [0, 0.1) is 0 Å². The zero-order valence-corrected chi connectivity index (χ0v) is 17.7. The van der Waals surface area contributed by atoms with E-state index in [9.17, 15) is 0 Å². The zero-order valence-electron chi connectivity index (χ0n) is 16.9. The van der Waals surface area contributed by atoms with Crippen molar-refractivity contribution in [3.8, 4) is 0 Å². The molecule has 0 unspecified atom stereocenters. The number of nitrogens with one attached hydrogen (secondary N) is 1. The van der Waals surface area contributed by atoms with Gasteiger partial charge in [-0.2, -0.15) is 0 Å². The summed E-state index contributed by atoms with van der Waals surface area (Å²) in [7, 11) is 0. The van der Waals surface area contributed by atoms with Crippen LogP contribution < -0.4 is 5.32 Å². The van der Waals surface area contributed by atoms with Gasteiger partial charge in [0.1, 0.15) is 17.0 Å². The van der Waals surface area contributed by atoms with Gasteiger partial charge in [0.05, 0.1) is 30.8 Å². The van der Waals surface area contributed by atoms with Crippen molar-refractivity contribution in [2.45, 2.75) is 70.2 Å². The third-order valence-electron chi connectivity index (χ3n) is 6.47. The van der Waals surface area contributed by atoms with Crippen LogP contribution in [0.2, 0.25) is 0 Å². The Morgan fingerprint density at radius 1 is 1.14 bits per heavy atom. The Kier molecular flexibility index (Phi) is 5.03. The van der Waals surface area contributed by atoms with Gasteiger partial charge < -0.3 is 14.8 Å². The van der Waals surface area contributed by atoms with Crippen molar-refractivity contribution in [3.63, 3.8) is 0 Å². The maximum Gasteiger partial charge on any atom is 0.138 e. The molecule has 2 aromatic rings. The molecule has 0 spiro atoms. The highest BCUT2D eigenvalue weighted by molar-refractivity contribution is 7.18. The van der Waals surface area contributed by atoms with Gasteiger partial charge in [-0.25, -0.2) is 9.97 Å². The van der Waals surface area contributed by atoms with Crippen LogP contribution in [0.1, 0.15) is 50.0 Å². The van der Waals surface area contributed by atoms with Crippen molar-refractivity contribution in [3.05, 3.63) is 16.8 Å². The van der Waals surface area contributed by atoms with Gasteiger partial charge in [0.15, 0.2) is 0 Å². The van der Waals surface area contributed by atoms with E-state index in [2.05, 4.69) is 34.0 Å². The third-order valence-corrected chi connectivity index (χ3v) is 7.58. The Hall–Kier alpha value is -1.28. The smallest absolute Gasteiger partial charge is 0.138 e. The number of aromatic nitrogens is 2. The van der Waals surface area contributed by atoms with Gasteiger partial charge in [0.2, 0.25) is 0 Å². The summed E-state index contributed by atoms with van der Waals surface area (Å²) in [5, 5.41) is 5.01. The first-order valence-electron chi connectivity index (χ1n) is 10.6. The molecule has 0 atom stereocenters. The Morgan fingerprint density at radius 3 is 2.71 bits per heavy atom. The number of fused-ring (bicyclic) bond motifs is 3. The third kappa shape index (κ3) is 3.65. The predicted octanol–water partition coefficient (Wildman–Crippen LogP) is 3.60. The molecule has 6 nitrogen and oxygen atoms in total. The zero-order chi connectivity index (χ0) is 19.1. The van der Waals surface area contributed by atoms with Gasteiger partial charge in [0, 0.05) is 36.5 Å². The summed E-state index contributed by atoms with van der Waals surface area (Å²) in [5.41, 5.74) is 1.27. The van der Waals surface area contributed by atoms with Crippen molar-refractivity contribution < 1.29 is 9.47 Å². The lowest BCUT2D eigenvalue weighted by Gasteiger charge is -2.39. The molecule has 28 heavy (non-hydrogen) atoms. The molecule has 2 aliphatic heterocycles. The Bertz CT molecular complexity index is 838. The molecule has 2 aromatic heterocycles. The molecule has 1 saturated carbocycles. The van der Waals surface area contributed by atoms with Crippen LogP contribution in [-0.4, -0.2) is 58.9 Å². The number of ether oxygens (including phenoxy) is 2. The molecule has 0 amide bonds. The van der Waals surface area contributed by atoms with Crippen molar-refractivity contribution >= 4 is 27.4 Å². The quantitative estimate of drug-likeness (QED) is 0.847. The first-order chi connectivity index (χ1) is 13.6. The fraction of sp³-hybridized carbons (Fsp3) is 0.714. The van der Waals surface area contributed by atoms with Crippen molar-refractivity contribution in [1.29, 1.82) is 0 Å². The molecule has 1 saturated heterocycles. The summed E-state index contributed by atoms with van der Waals surface area (Å²) in [5.74, 6) is 1.02. The van der Waals surface area contributed by atoms with Crippen LogP contribution in [0.4, 0.5) is 5.82 Å². The van der Waals surface area contributed by atoms with E-state index in [1.54, 1.807) is 17.7 Å². The summed E-state index contributed by atoms with van der Waals surface area (Å²) < 4.78 is 11.5. The van der Waals surface area contributed by atoms with Gasteiger partial charge in [-0.3, -0.25) is 4.90 Å². The van der Waals surface area contributed by atoms with Crippen molar-refractivity contribution in [2.24, 2.45) is 0 Å². The lowest BCUT2D eigenvalue weighted by atomic mass is 9.89. The van der Waals surface area contributed by atoms with Crippen LogP contribution in [0.3, 0.4) is 0 Å². The molecule has 1 aliphatic carbocycles. The minimum Gasteiger partial charge on any atom is -0.379 e. The topological polar surface area (TPSA) is 59.5 Å². The lowest BCUT2D eigenvalue weighted by molar-refractivity contribution is -0.0379. The molecule has 5 rings (SSSR count). The number of thiophene rings is 1. The monoisotopic (exact) mass is 402 g/mol. The summed E-state index contributed by atoms with van der Waals surface area (Å²) >= 11 is 1.76. The largest absolute Gasteiger partial charge is 0.379 e. The summed E-state index contributed by atoms with van der Waals surface area (Å²) in [6, 6.07) is 1.22. The van der Waals surface area contributed by atoms with Crippen LogP contribution in [0.25, 0.3) is 10.2 Å². The minimum absolute atomic E-state index is 0.121.